The van der Waals surface area contributed by atoms with Crippen LogP contribution in [0.25, 0.3) is 0 Å². The SMILES string of the molecule is C[C@@H](CC(=O)N1CCn2c(C(F)(F)F)nc(C(=O)O)c2C1)Cc1cc(F)c(F)cc1F. The Morgan fingerprint density at radius 1 is 1.13 bits per heavy atom. The van der Waals surface area contributed by atoms with Crippen molar-refractivity contribution in [2.24, 2.45) is 5.92 Å². The quantitative estimate of drug-likeness (QED) is 0.559. The standard InChI is InChI=1S/C19H17F6N3O3/c1-9(4-10-6-12(21)13(22)7-11(10)20)5-15(29)27-2-3-28-14(8-27)16(17(30)31)26-18(28)19(23,24)25/h6-7,9H,2-5,8H2,1H3,(H,30,31)/t9-/m1/s1. The molecule has 0 saturated carbocycles. The summed E-state index contributed by atoms with van der Waals surface area (Å²) in [7, 11) is 0. The van der Waals surface area contributed by atoms with Crippen LogP contribution in [0, 0.1) is 23.4 Å². The predicted octanol–water partition coefficient (Wildman–Crippen LogP) is 3.63. The highest BCUT2D eigenvalue weighted by atomic mass is 19.4. The number of halogens is 6. The van der Waals surface area contributed by atoms with Crippen LogP contribution in [-0.4, -0.2) is 38.0 Å². The maximum Gasteiger partial charge on any atom is 0.449 e. The van der Waals surface area contributed by atoms with Crippen LogP contribution in [0.2, 0.25) is 0 Å². The molecule has 1 aliphatic heterocycles. The van der Waals surface area contributed by atoms with E-state index in [1.54, 1.807) is 6.92 Å². The van der Waals surface area contributed by atoms with Gasteiger partial charge in [0.05, 0.1) is 12.2 Å². The molecule has 31 heavy (non-hydrogen) atoms. The number of hydrogen-bond donors (Lipinski definition) is 1. The number of nitrogens with zero attached hydrogens (tertiary/aromatic N) is 3. The Labute approximate surface area is 172 Å². The van der Waals surface area contributed by atoms with E-state index in [2.05, 4.69) is 4.98 Å². The van der Waals surface area contributed by atoms with Crippen LogP contribution in [0.5, 0.6) is 0 Å². The summed E-state index contributed by atoms with van der Waals surface area (Å²) in [6, 6.07) is 1.12. The first-order chi connectivity index (χ1) is 14.4. The Bertz CT molecular complexity index is 1030. The number of hydrogen-bond acceptors (Lipinski definition) is 3. The van der Waals surface area contributed by atoms with Gasteiger partial charge < -0.3 is 14.6 Å². The van der Waals surface area contributed by atoms with Crippen molar-refractivity contribution in [1.29, 1.82) is 0 Å². The van der Waals surface area contributed by atoms with E-state index in [-0.39, 0.29) is 43.7 Å². The topological polar surface area (TPSA) is 75.4 Å². The molecule has 6 nitrogen and oxygen atoms in total. The van der Waals surface area contributed by atoms with Gasteiger partial charge in [0.25, 0.3) is 0 Å². The molecule has 1 aliphatic rings. The van der Waals surface area contributed by atoms with Crippen molar-refractivity contribution >= 4 is 11.9 Å². The average Bonchev–Trinajstić information content (AvgIpc) is 3.05. The summed E-state index contributed by atoms with van der Waals surface area (Å²) in [5, 5.41) is 9.18. The smallest absolute Gasteiger partial charge is 0.449 e. The first kappa shape index (κ1) is 22.6. The fraction of sp³-hybridized carbons (Fsp3) is 0.421. The van der Waals surface area contributed by atoms with Crippen LogP contribution in [0.3, 0.4) is 0 Å². The number of aromatic carboxylic acids is 1. The number of carboxylic acids is 1. The van der Waals surface area contributed by atoms with E-state index in [0.717, 1.165) is 4.57 Å². The minimum Gasteiger partial charge on any atom is -0.476 e. The Morgan fingerprint density at radius 3 is 2.39 bits per heavy atom. The zero-order valence-corrected chi connectivity index (χ0v) is 16.1. The van der Waals surface area contributed by atoms with E-state index in [1.165, 1.54) is 4.90 Å². The first-order valence-electron chi connectivity index (χ1n) is 9.19. The molecule has 0 bridgehead atoms. The first-order valence-corrected chi connectivity index (χ1v) is 9.19. The third kappa shape index (κ3) is 4.67. The molecule has 0 fully saturated rings. The van der Waals surface area contributed by atoms with Gasteiger partial charge in [-0.05, 0) is 24.0 Å². The average molecular weight is 449 g/mol. The zero-order chi connectivity index (χ0) is 23.1. The largest absolute Gasteiger partial charge is 0.476 e. The molecule has 0 aliphatic carbocycles. The van der Waals surface area contributed by atoms with E-state index in [9.17, 15) is 41.0 Å². The third-order valence-corrected chi connectivity index (χ3v) is 5.00. The molecule has 0 spiro atoms. The van der Waals surface area contributed by atoms with Gasteiger partial charge in [-0.3, -0.25) is 4.79 Å². The number of rotatable bonds is 5. The lowest BCUT2D eigenvalue weighted by Gasteiger charge is -2.30. The molecule has 12 heteroatoms. The van der Waals surface area contributed by atoms with E-state index in [0.29, 0.717) is 12.1 Å². The molecular formula is C19H17F6N3O3. The van der Waals surface area contributed by atoms with Gasteiger partial charge in [-0.15, -0.1) is 0 Å². The third-order valence-electron chi connectivity index (χ3n) is 5.00. The van der Waals surface area contributed by atoms with Gasteiger partial charge >= 0.3 is 12.1 Å². The lowest BCUT2D eigenvalue weighted by atomic mass is 9.96. The molecule has 1 aromatic carbocycles. The van der Waals surface area contributed by atoms with Crippen molar-refractivity contribution in [1.82, 2.24) is 14.5 Å². The minimum atomic E-state index is -4.85. The second-order valence-corrected chi connectivity index (χ2v) is 7.37. The number of carbonyl (C=O) groups excluding carboxylic acids is 1. The zero-order valence-electron chi connectivity index (χ0n) is 16.1. The summed E-state index contributed by atoms with van der Waals surface area (Å²) in [5.74, 6) is -7.48. The highest BCUT2D eigenvalue weighted by molar-refractivity contribution is 5.87. The Hall–Kier alpha value is -3.05. The second-order valence-electron chi connectivity index (χ2n) is 7.37. The summed E-state index contributed by atoms with van der Waals surface area (Å²) in [6.45, 7) is 0.812. The van der Waals surface area contributed by atoms with Gasteiger partial charge in [0.1, 0.15) is 5.82 Å². The number of alkyl halides is 3. The van der Waals surface area contributed by atoms with Crippen molar-refractivity contribution in [3.63, 3.8) is 0 Å². The molecule has 1 amide bonds. The minimum absolute atomic E-state index is 0.0703. The number of imidazole rings is 1. The molecule has 0 saturated heterocycles. The van der Waals surface area contributed by atoms with Crippen LogP contribution in [-0.2, 0) is 30.5 Å². The molecule has 1 atom stereocenters. The molecule has 1 aromatic heterocycles. The molecule has 168 valence electrons. The molecule has 1 N–H and O–H groups in total. The van der Waals surface area contributed by atoms with Crippen molar-refractivity contribution in [2.75, 3.05) is 6.54 Å². The molecular weight excluding hydrogens is 432 g/mol. The summed E-state index contributed by atoms with van der Waals surface area (Å²) in [4.78, 5) is 28.3. The fourth-order valence-corrected chi connectivity index (χ4v) is 3.56. The van der Waals surface area contributed by atoms with E-state index in [1.807, 2.05) is 0 Å². The number of amides is 1. The summed E-state index contributed by atoms with van der Waals surface area (Å²) < 4.78 is 80.3. The van der Waals surface area contributed by atoms with Gasteiger partial charge in [0.2, 0.25) is 11.7 Å². The predicted molar refractivity (Wildman–Crippen MR) is 93.4 cm³/mol. The highest BCUT2D eigenvalue weighted by Crippen LogP contribution is 2.32. The number of aromatic nitrogens is 2. The number of benzene rings is 1. The van der Waals surface area contributed by atoms with Gasteiger partial charge in [0.15, 0.2) is 17.3 Å². The Balaban J connectivity index is 1.73. The van der Waals surface area contributed by atoms with E-state index < -0.39 is 52.9 Å². The number of carboxylic acid groups (broad SMARTS) is 1. The van der Waals surface area contributed by atoms with Crippen LogP contribution >= 0.6 is 0 Å². The van der Waals surface area contributed by atoms with Crippen LogP contribution in [0.4, 0.5) is 26.3 Å². The Kier molecular flexibility index (Phi) is 6.01. The van der Waals surface area contributed by atoms with Crippen molar-refractivity contribution in [2.45, 2.75) is 39.0 Å². The lowest BCUT2D eigenvalue weighted by molar-refractivity contribution is -0.148. The second kappa shape index (κ2) is 8.23. The van der Waals surface area contributed by atoms with Crippen molar-refractivity contribution < 1.29 is 41.0 Å². The highest BCUT2D eigenvalue weighted by Gasteiger charge is 2.41. The van der Waals surface area contributed by atoms with Gasteiger partial charge in [-0.25, -0.2) is 22.9 Å². The fourth-order valence-electron chi connectivity index (χ4n) is 3.56. The molecule has 2 aromatic rings. The maximum absolute atomic E-state index is 13.8. The van der Waals surface area contributed by atoms with E-state index >= 15 is 0 Å². The molecule has 2 heterocycles. The Morgan fingerprint density at radius 2 is 1.77 bits per heavy atom. The monoisotopic (exact) mass is 449 g/mol. The van der Waals surface area contributed by atoms with Gasteiger partial charge in [0, 0.05) is 25.6 Å². The number of carbonyl (C=O) groups is 2. The normalized spacial score (nSPS) is 15.0. The van der Waals surface area contributed by atoms with Crippen LogP contribution in [0.1, 0.15) is 40.9 Å². The summed E-state index contributed by atoms with van der Waals surface area (Å²) >= 11 is 0. The molecule has 0 radical (unpaired) electrons. The maximum atomic E-state index is 13.8. The lowest BCUT2D eigenvalue weighted by Crippen LogP contribution is -2.40. The summed E-state index contributed by atoms with van der Waals surface area (Å²) in [6.07, 6.45) is -5.07. The molecule has 3 rings (SSSR count). The number of fused-ring (bicyclic) bond motifs is 1. The van der Waals surface area contributed by atoms with Gasteiger partial charge in [-0.1, -0.05) is 6.92 Å². The van der Waals surface area contributed by atoms with Crippen molar-refractivity contribution in [3.8, 4) is 0 Å². The van der Waals surface area contributed by atoms with Gasteiger partial charge in [-0.2, -0.15) is 13.2 Å². The summed E-state index contributed by atoms with van der Waals surface area (Å²) in [5.41, 5.74) is -1.13. The molecule has 0 unspecified atom stereocenters. The van der Waals surface area contributed by atoms with E-state index in [4.69, 9.17) is 0 Å². The van der Waals surface area contributed by atoms with Crippen LogP contribution < -0.4 is 0 Å². The van der Waals surface area contributed by atoms with Crippen molar-refractivity contribution in [3.05, 3.63) is 52.4 Å². The van der Waals surface area contributed by atoms with Crippen LogP contribution in [0.15, 0.2) is 12.1 Å².